The van der Waals surface area contributed by atoms with E-state index in [-0.39, 0.29) is 17.3 Å². The highest BCUT2D eigenvalue weighted by Gasteiger charge is 2.20. The first-order valence-electron chi connectivity index (χ1n) is 7.21. The van der Waals surface area contributed by atoms with E-state index < -0.39 is 5.97 Å². The minimum Gasteiger partial charge on any atom is -0.497 e. The Kier molecular flexibility index (Phi) is 5.27. The number of fused-ring (bicyclic) bond motifs is 1. The number of esters is 1. The lowest BCUT2D eigenvalue weighted by Gasteiger charge is -2.04. The summed E-state index contributed by atoms with van der Waals surface area (Å²) < 4.78 is 10.9. The number of rotatable bonds is 5. The Balaban J connectivity index is 1.71. The zero-order valence-electron chi connectivity index (χ0n) is 13.0. The highest BCUT2D eigenvalue weighted by molar-refractivity contribution is 7.21. The number of hydrogen-bond acceptors (Lipinski definition) is 5. The van der Waals surface area contributed by atoms with E-state index in [1.54, 1.807) is 49.6 Å². The van der Waals surface area contributed by atoms with Crippen molar-refractivity contribution in [3.8, 4) is 5.75 Å². The maximum Gasteiger partial charge on any atom is 0.350 e. The summed E-state index contributed by atoms with van der Waals surface area (Å²) in [5, 5.41) is 1.59. The van der Waals surface area contributed by atoms with Gasteiger partial charge in [0, 0.05) is 20.7 Å². The van der Waals surface area contributed by atoms with E-state index in [4.69, 9.17) is 32.7 Å². The van der Waals surface area contributed by atoms with Crippen molar-refractivity contribution >= 4 is 56.4 Å². The van der Waals surface area contributed by atoms with E-state index in [0.29, 0.717) is 21.4 Å². The smallest absolute Gasteiger partial charge is 0.350 e. The normalized spacial score (nSPS) is 10.7. The van der Waals surface area contributed by atoms with Crippen LogP contribution < -0.4 is 4.74 Å². The average Bonchev–Trinajstić information content (AvgIpc) is 2.95. The summed E-state index contributed by atoms with van der Waals surface area (Å²) >= 11 is 13.4. The van der Waals surface area contributed by atoms with Gasteiger partial charge < -0.3 is 9.47 Å². The number of carbonyl (C=O) groups is 2. The Hall–Kier alpha value is -2.08. The number of ketones is 1. The van der Waals surface area contributed by atoms with Crippen molar-refractivity contribution in [1.82, 2.24) is 0 Å². The molecule has 0 unspecified atom stereocenters. The molecule has 0 atom stereocenters. The van der Waals surface area contributed by atoms with Crippen molar-refractivity contribution in [3.05, 3.63) is 63.0 Å². The first-order chi connectivity index (χ1) is 12.0. The van der Waals surface area contributed by atoms with Gasteiger partial charge >= 0.3 is 5.97 Å². The maximum absolute atomic E-state index is 12.3. The number of ether oxygens (including phenoxy) is 2. The predicted molar refractivity (Wildman–Crippen MR) is 99.5 cm³/mol. The van der Waals surface area contributed by atoms with E-state index in [0.717, 1.165) is 10.1 Å². The fourth-order valence-electron chi connectivity index (χ4n) is 2.23. The molecule has 1 heterocycles. The van der Waals surface area contributed by atoms with E-state index >= 15 is 0 Å². The molecule has 0 bridgehead atoms. The summed E-state index contributed by atoms with van der Waals surface area (Å²) in [7, 11) is 1.54. The van der Waals surface area contributed by atoms with Gasteiger partial charge in [0.2, 0.25) is 0 Å². The van der Waals surface area contributed by atoms with E-state index in [1.165, 1.54) is 11.3 Å². The molecule has 1 aromatic heterocycles. The van der Waals surface area contributed by atoms with E-state index in [2.05, 4.69) is 0 Å². The molecule has 0 saturated carbocycles. The second-order valence-electron chi connectivity index (χ2n) is 5.11. The standard InChI is InChI=1S/C18H12Cl2O4S/c1-23-12-5-2-10(3-6-12)14(21)9-24-18(22)17-16(20)13-7-4-11(19)8-15(13)25-17/h2-8H,9H2,1H3. The molecular formula is C18H12Cl2O4S. The van der Waals surface area contributed by atoms with Crippen LogP contribution in [-0.2, 0) is 4.74 Å². The number of thiophene rings is 1. The molecule has 128 valence electrons. The summed E-state index contributed by atoms with van der Waals surface area (Å²) in [4.78, 5) is 24.6. The molecule has 0 N–H and O–H groups in total. The summed E-state index contributed by atoms with van der Waals surface area (Å²) in [6, 6.07) is 11.7. The van der Waals surface area contributed by atoms with Crippen molar-refractivity contribution < 1.29 is 19.1 Å². The van der Waals surface area contributed by atoms with Crippen LogP contribution in [0.2, 0.25) is 10.0 Å². The Bertz CT molecular complexity index is 948. The lowest BCUT2D eigenvalue weighted by molar-refractivity contribution is 0.0480. The summed E-state index contributed by atoms with van der Waals surface area (Å²) in [5.41, 5.74) is 0.433. The minimum atomic E-state index is -0.635. The fraction of sp³-hybridized carbons (Fsp3) is 0.111. The lowest BCUT2D eigenvalue weighted by atomic mass is 10.1. The van der Waals surface area contributed by atoms with Gasteiger partial charge in [-0.05, 0) is 36.4 Å². The van der Waals surface area contributed by atoms with Crippen LogP contribution >= 0.6 is 34.5 Å². The lowest BCUT2D eigenvalue weighted by Crippen LogP contribution is -2.13. The monoisotopic (exact) mass is 394 g/mol. The third kappa shape index (κ3) is 3.79. The molecule has 0 aliphatic rings. The number of halogens is 2. The molecular weight excluding hydrogens is 383 g/mol. The van der Waals surface area contributed by atoms with Gasteiger partial charge in [-0.1, -0.05) is 29.3 Å². The first kappa shape index (κ1) is 17.7. The molecule has 0 aliphatic heterocycles. The molecule has 0 fully saturated rings. The molecule has 4 nitrogen and oxygen atoms in total. The summed E-state index contributed by atoms with van der Waals surface area (Å²) in [6.45, 7) is -0.365. The molecule has 0 radical (unpaired) electrons. The number of Topliss-reactive ketones (excluding diaryl/α,β-unsaturated/α-hetero) is 1. The second kappa shape index (κ2) is 7.44. The minimum absolute atomic E-state index is 0.251. The zero-order valence-corrected chi connectivity index (χ0v) is 15.4. The summed E-state index contributed by atoms with van der Waals surface area (Å²) in [5.74, 6) is -0.301. The highest BCUT2D eigenvalue weighted by atomic mass is 35.5. The van der Waals surface area contributed by atoms with Gasteiger partial charge in [0.05, 0.1) is 12.1 Å². The van der Waals surface area contributed by atoms with Gasteiger partial charge in [-0.25, -0.2) is 4.79 Å². The van der Waals surface area contributed by atoms with Crippen LogP contribution in [0.15, 0.2) is 42.5 Å². The van der Waals surface area contributed by atoms with Crippen molar-refractivity contribution in [2.24, 2.45) is 0 Å². The van der Waals surface area contributed by atoms with Crippen LogP contribution in [0.5, 0.6) is 5.75 Å². The van der Waals surface area contributed by atoms with Gasteiger partial charge in [0.15, 0.2) is 12.4 Å². The maximum atomic E-state index is 12.3. The molecule has 0 saturated heterocycles. The Morgan fingerprint density at radius 3 is 2.48 bits per heavy atom. The number of hydrogen-bond donors (Lipinski definition) is 0. The van der Waals surface area contributed by atoms with E-state index in [9.17, 15) is 9.59 Å². The van der Waals surface area contributed by atoms with Crippen LogP contribution in [0, 0.1) is 0 Å². The fourth-order valence-corrected chi connectivity index (χ4v) is 3.91. The molecule has 3 rings (SSSR count). The van der Waals surface area contributed by atoms with Gasteiger partial charge in [-0.15, -0.1) is 11.3 Å². The van der Waals surface area contributed by atoms with Crippen LogP contribution in [0.4, 0.5) is 0 Å². The van der Waals surface area contributed by atoms with Crippen LogP contribution in [0.25, 0.3) is 10.1 Å². The third-order valence-electron chi connectivity index (χ3n) is 3.52. The molecule has 0 aliphatic carbocycles. The SMILES string of the molecule is COc1ccc(C(=O)COC(=O)c2sc3cc(Cl)ccc3c2Cl)cc1. The van der Waals surface area contributed by atoms with Gasteiger partial charge in [0.25, 0.3) is 0 Å². The van der Waals surface area contributed by atoms with Crippen molar-refractivity contribution in [2.45, 2.75) is 0 Å². The van der Waals surface area contributed by atoms with Crippen LogP contribution in [0.3, 0.4) is 0 Å². The number of methoxy groups -OCH3 is 1. The van der Waals surface area contributed by atoms with Crippen molar-refractivity contribution in [2.75, 3.05) is 13.7 Å². The second-order valence-corrected chi connectivity index (χ2v) is 6.98. The molecule has 2 aromatic carbocycles. The largest absolute Gasteiger partial charge is 0.497 e. The van der Waals surface area contributed by atoms with Gasteiger partial charge in [0.1, 0.15) is 10.6 Å². The molecule has 25 heavy (non-hydrogen) atoms. The van der Waals surface area contributed by atoms with Crippen LogP contribution in [-0.4, -0.2) is 25.5 Å². The summed E-state index contributed by atoms with van der Waals surface area (Å²) in [6.07, 6.45) is 0. The average molecular weight is 395 g/mol. The molecule has 0 amide bonds. The molecule has 7 heteroatoms. The Morgan fingerprint density at radius 2 is 1.80 bits per heavy atom. The number of benzene rings is 2. The van der Waals surface area contributed by atoms with Crippen molar-refractivity contribution in [3.63, 3.8) is 0 Å². The Labute approximate surface area is 157 Å². The van der Waals surface area contributed by atoms with E-state index in [1.807, 2.05) is 0 Å². The van der Waals surface area contributed by atoms with Crippen LogP contribution in [0.1, 0.15) is 20.0 Å². The number of carbonyl (C=O) groups excluding carboxylic acids is 2. The third-order valence-corrected chi connectivity index (χ3v) is 5.40. The predicted octanol–water partition coefficient (Wildman–Crippen LogP) is 5.26. The molecule has 3 aromatic rings. The van der Waals surface area contributed by atoms with Gasteiger partial charge in [-0.2, -0.15) is 0 Å². The van der Waals surface area contributed by atoms with Crippen molar-refractivity contribution in [1.29, 1.82) is 0 Å². The molecule has 0 spiro atoms. The topological polar surface area (TPSA) is 52.6 Å². The Morgan fingerprint density at radius 1 is 1.08 bits per heavy atom. The zero-order chi connectivity index (χ0) is 18.0. The van der Waals surface area contributed by atoms with Gasteiger partial charge in [-0.3, -0.25) is 4.79 Å². The quantitative estimate of drug-likeness (QED) is 0.437. The first-order valence-corrected chi connectivity index (χ1v) is 8.79. The highest BCUT2D eigenvalue weighted by Crippen LogP contribution is 2.37.